The standard InChI is InChI=1S/C18H26N2O3/c1-5-19(14-10-7-6-8-11-14)16(21)15-12-9-13-20(15)17(22)23-18(2,3)4/h6-8,10-11,15H,5,9,12-13H2,1-4H3. The zero-order chi connectivity index (χ0) is 17.0. The van der Waals surface area contributed by atoms with E-state index in [1.807, 2.05) is 58.0 Å². The number of carbonyl (C=O) groups is 2. The van der Waals surface area contributed by atoms with E-state index in [9.17, 15) is 9.59 Å². The molecule has 0 bridgehead atoms. The molecule has 1 saturated heterocycles. The zero-order valence-corrected chi connectivity index (χ0v) is 14.4. The predicted molar refractivity (Wildman–Crippen MR) is 90.4 cm³/mol. The largest absolute Gasteiger partial charge is 0.444 e. The summed E-state index contributed by atoms with van der Waals surface area (Å²) in [5.41, 5.74) is 0.299. The third-order valence-corrected chi connectivity index (χ3v) is 3.82. The number of likely N-dealkylation sites (N-methyl/N-ethyl adjacent to an activating group) is 1. The van der Waals surface area contributed by atoms with Crippen LogP contribution in [0.4, 0.5) is 10.5 Å². The number of para-hydroxylation sites is 1. The molecular formula is C18H26N2O3. The lowest BCUT2D eigenvalue weighted by molar-refractivity contribution is -0.122. The molecule has 2 rings (SSSR count). The molecule has 0 aromatic heterocycles. The van der Waals surface area contributed by atoms with Crippen molar-refractivity contribution < 1.29 is 14.3 Å². The molecule has 126 valence electrons. The first kappa shape index (κ1) is 17.3. The molecular weight excluding hydrogens is 292 g/mol. The lowest BCUT2D eigenvalue weighted by Gasteiger charge is -2.31. The molecule has 0 saturated carbocycles. The molecule has 1 aromatic rings. The Bertz CT molecular complexity index is 551. The van der Waals surface area contributed by atoms with Crippen LogP contribution in [0.3, 0.4) is 0 Å². The van der Waals surface area contributed by atoms with E-state index in [4.69, 9.17) is 4.74 Å². The molecule has 5 heteroatoms. The highest BCUT2D eigenvalue weighted by Gasteiger charge is 2.38. The summed E-state index contributed by atoms with van der Waals surface area (Å²) in [6.45, 7) is 8.58. The van der Waals surface area contributed by atoms with Crippen molar-refractivity contribution in [2.45, 2.75) is 52.2 Å². The van der Waals surface area contributed by atoms with Crippen LogP contribution in [-0.2, 0) is 9.53 Å². The molecule has 1 unspecified atom stereocenters. The fourth-order valence-electron chi connectivity index (χ4n) is 2.82. The Hall–Kier alpha value is -2.04. The Labute approximate surface area is 138 Å². The molecule has 0 N–H and O–H groups in total. The van der Waals surface area contributed by atoms with E-state index < -0.39 is 17.7 Å². The van der Waals surface area contributed by atoms with Crippen molar-refractivity contribution in [1.29, 1.82) is 0 Å². The van der Waals surface area contributed by atoms with Crippen LogP contribution in [0.1, 0.15) is 40.5 Å². The van der Waals surface area contributed by atoms with Gasteiger partial charge in [0.25, 0.3) is 0 Å². The van der Waals surface area contributed by atoms with Crippen molar-refractivity contribution in [3.8, 4) is 0 Å². The summed E-state index contributed by atoms with van der Waals surface area (Å²) in [5, 5.41) is 0. The van der Waals surface area contributed by atoms with E-state index >= 15 is 0 Å². The van der Waals surface area contributed by atoms with Crippen LogP contribution >= 0.6 is 0 Å². The number of ether oxygens (including phenoxy) is 1. The van der Waals surface area contributed by atoms with Gasteiger partial charge in [0, 0.05) is 18.8 Å². The summed E-state index contributed by atoms with van der Waals surface area (Å²) in [5.74, 6) is -0.0398. The average molecular weight is 318 g/mol. The summed E-state index contributed by atoms with van der Waals surface area (Å²) < 4.78 is 5.44. The molecule has 0 radical (unpaired) electrons. The summed E-state index contributed by atoms with van der Waals surface area (Å²) in [6, 6.07) is 9.12. The third-order valence-electron chi connectivity index (χ3n) is 3.82. The molecule has 1 aliphatic heterocycles. The molecule has 1 aliphatic rings. The second-order valence-corrected chi connectivity index (χ2v) is 6.75. The van der Waals surface area contributed by atoms with Gasteiger partial charge in [-0.3, -0.25) is 9.69 Å². The molecule has 1 aromatic carbocycles. The van der Waals surface area contributed by atoms with Crippen molar-refractivity contribution in [3.05, 3.63) is 30.3 Å². The summed E-state index contributed by atoms with van der Waals surface area (Å²) in [7, 11) is 0. The minimum Gasteiger partial charge on any atom is -0.444 e. The summed E-state index contributed by atoms with van der Waals surface area (Å²) in [4.78, 5) is 28.6. The fraction of sp³-hybridized carbons (Fsp3) is 0.556. The number of nitrogens with zero attached hydrogens (tertiary/aromatic N) is 2. The fourth-order valence-corrected chi connectivity index (χ4v) is 2.82. The van der Waals surface area contributed by atoms with E-state index in [1.165, 1.54) is 0 Å². The monoisotopic (exact) mass is 318 g/mol. The first-order valence-corrected chi connectivity index (χ1v) is 8.19. The Kier molecular flexibility index (Phi) is 5.29. The lowest BCUT2D eigenvalue weighted by atomic mass is 10.1. The van der Waals surface area contributed by atoms with E-state index in [2.05, 4.69) is 0 Å². The molecule has 23 heavy (non-hydrogen) atoms. The van der Waals surface area contributed by atoms with E-state index in [1.54, 1.807) is 9.80 Å². The van der Waals surface area contributed by atoms with Gasteiger partial charge in [-0.25, -0.2) is 4.79 Å². The summed E-state index contributed by atoms with van der Waals surface area (Å²) >= 11 is 0. The Balaban J connectivity index is 2.15. The van der Waals surface area contributed by atoms with Gasteiger partial charge in [0.15, 0.2) is 0 Å². The maximum Gasteiger partial charge on any atom is 0.410 e. The van der Waals surface area contributed by atoms with Crippen molar-refractivity contribution >= 4 is 17.7 Å². The molecule has 5 nitrogen and oxygen atoms in total. The molecule has 1 heterocycles. The third kappa shape index (κ3) is 4.24. The second-order valence-electron chi connectivity index (χ2n) is 6.75. The van der Waals surface area contributed by atoms with Crippen molar-refractivity contribution in [3.63, 3.8) is 0 Å². The van der Waals surface area contributed by atoms with Gasteiger partial charge in [0.1, 0.15) is 11.6 Å². The Morgan fingerprint density at radius 1 is 1.26 bits per heavy atom. The van der Waals surface area contributed by atoms with Gasteiger partial charge < -0.3 is 9.64 Å². The van der Waals surface area contributed by atoms with Gasteiger partial charge in [0.05, 0.1) is 0 Å². The number of benzene rings is 1. The van der Waals surface area contributed by atoms with Gasteiger partial charge in [-0.05, 0) is 52.7 Å². The maximum atomic E-state index is 12.9. The van der Waals surface area contributed by atoms with E-state index in [0.29, 0.717) is 19.5 Å². The lowest BCUT2D eigenvalue weighted by Crippen LogP contribution is -2.49. The van der Waals surface area contributed by atoms with Crippen molar-refractivity contribution in [2.75, 3.05) is 18.0 Å². The van der Waals surface area contributed by atoms with E-state index in [-0.39, 0.29) is 5.91 Å². The highest BCUT2D eigenvalue weighted by atomic mass is 16.6. The maximum absolute atomic E-state index is 12.9. The van der Waals surface area contributed by atoms with Crippen LogP contribution < -0.4 is 4.90 Å². The molecule has 0 aliphatic carbocycles. The Morgan fingerprint density at radius 2 is 1.91 bits per heavy atom. The number of hydrogen-bond acceptors (Lipinski definition) is 3. The average Bonchev–Trinajstić information content (AvgIpc) is 2.97. The van der Waals surface area contributed by atoms with Gasteiger partial charge in [-0.15, -0.1) is 0 Å². The topological polar surface area (TPSA) is 49.9 Å². The molecule has 0 spiro atoms. The van der Waals surface area contributed by atoms with E-state index in [0.717, 1.165) is 12.1 Å². The number of amides is 2. The minimum absolute atomic E-state index is 0.0398. The predicted octanol–water partition coefficient (Wildman–Crippen LogP) is 3.44. The number of hydrogen-bond donors (Lipinski definition) is 0. The van der Waals surface area contributed by atoms with Crippen LogP contribution in [0.5, 0.6) is 0 Å². The number of likely N-dealkylation sites (tertiary alicyclic amines) is 1. The number of carbonyl (C=O) groups excluding carboxylic acids is 2. The van der Waals surface area contributed by atoms with Crippen molar-refractivity contribution in [2.24, 2.45) is 0 Å². The van der Waals surface area contributed by atoms with Gasteiger partial charge in [-0.2, -0.15) is 0 Å². The van der Waals surface area contributed by atoms with Crippen LogP contribution in [-0.4, -0.2) is 41.6 Å². The summed E-state index contributed by atoms with van der Waals surface area (Å²) in [6.07, 6.45) is 1.10. The van der Waals surface area contributed by atoms with Crippen LogP contribution in [0.15, 0.2) is 30.3 Å². The Morgan fingerprint density at radius 3 is 2.48 bits per heavy atom. The highest BCUT2D eigenvalue weighted by Crippen LogP contribution is 2.24. The SMILES string of the molecule is CCN(C(=O)C1CCCN1C(=O)OC(C)(C)C)c1ccccc1. The van der Waals surface area contributed by atoms with Gasteiger partial charge in [0.2, 0.25) is 5.91 Å². The normalized spacial score (nSPS) is 17.9. The number of anilines is 1. The smallest absolute Gasteiger partial charge is 0.410 e. The number of rotatable bonds is 3. The van der Waals surface area contributed by atoms with Gasteiger partial charge >= 0.3 is 6.09 Å². The van der Waals surface area contributed by atoms with Crippen LogP contribution in [0.25, 0.3) is 0 Å². The van der Waals surface area contributed by atoms with Gasteiger partial charge in [-0.1, -0.05) is 18.2 Å². The highest BCUT2D eigenvalue weighted by molar-refractivity contribution is 5.98. The van der Waals surface area contributed by atoms with Crippen LogP contribution in [0, 0.1) is 0 Å². The zero-order valence-electron chi connectivity index (χ0n) is 14.4. The van der Waals surface area contributed by atoms with Crippen LogP contribution in [0.2, 0.25) is 0 Å². The molecule has 1 atom stereocenters. The second kappa shape index (κ2) is 7.02. The quantitative estimate of drug-likeness (QED) is 0.858. The van der Waals surface area contributed by atoms with Crippen molar-refractivity contribution in [1.82, 2.24) is 4.90 Å². The minimum atomic E-state index is -0.558. The molecule has 1 fully saturated rings. The first-order chi connectivity index (χ1) is 10.8. The first-order valence-electron chi connectivity index (χ1n) is 8.19. The molecule has 2 amide bonds.